The van der Waals surface area contributed by atoms with E-state index in [9.17, 15) is 29.4 Å². The molecule has 2 aliphatic heterocycles. The number of cyclic esters (lactones) is 4. The third-order valence-corrected chi connectivity index (χ3v) is 5.03. The minimum Gasteiger partial charge on any atom is -0.455 e. The SMILES string of the molecule is CCCCCC1OC(=O)CCCCC(=O)OC1(O)C1(O)OC(=O)CCCCC(=O)O1. The number of esters is 4. The molecule has 0 aliphatic carbocycles. The molecule has 0 radical (unpaired) electrons. The number of rotatable bonds is 5. The van der Waals surface area contributed by atoms with Gasteiger partial charge < -0.3 is 29.2 Å². The zero-order chi connectivity index (χ0) is 22.2. The van der Waals surface area contributed by atoms with Crippen LogP contribution in [0.1, 0.15) is 84.0 Å². The number of hydrogen-bond acceptors (Lipinski definition) is 10. The highest BCUT2D eigenvalue weighted by Crippen LogP contribution is 2.37. The Morgan fingerprint density at radius 3 is 1.73 bits per heavy atom. The summed E-state index contributed by atoms with van der Waals surface area (Å²) in [5, 5.41) is 22.4. The van der Waals surface area contributed by atoms with E-state index in [1.54, 1.807) is 0 Å². The Bertz CT molecular complexity index is 625. The molecule has 0 spiro atoms. The van der Waals surface area contributed by atoms with Crippen molar-refractivity contribution in [3.8, 4) is 0 Å². The smallest absolute Gasteiger partial charge is 0.447 e. The van der Waals surface area contributed by atoms with Crippen molar-refractivity contribution in [1.29, 1.82) is 0 Å². The number of hydrogen-bond donors (Lipinski definition) is 2. The molecule has 2 atom stereocenters. The zero-order valence-corrected chi connectivity index (χ0v) is 17.2. The van der Waals surface area contributed by atoms with E-state index in [1.165, 1.54) is 0 Å². The van der Waals surface area contributed by atoms with Crippen molar-refractivity contribution in [2.45, 2.75) is 102 Å². The summed E-state index contributed by atoms with van der Waals surface area (Å²) in [6.07, 6.45) is 1.08. The van der Waals surface area contributed by atoms with Gasteiger partial charge in [0.2, 0.25) is 0 Å². The van der Waals surface area contributed by atoms with E-state index in [0.29, 0.717) is 32.1 Å². The van der Waals surface area contributed by atoms with Crippen LogP contribution in [0.5, 0.6) is 0 Å². The van der Waals surface area contributed by atoms with Crippen molar-refractivity contribution in [3.05, 3.63) is 0 Å². The third kappa shape index (κ3) is 6.15. The fraction of sp³-hybridized carbons (Fsp3) is 0.800. The topological polar surface area (TPSA) is 146 Å². The summed E-state index contributed by atoms with van der Waals surface area (Å²) in [4.78, 5) is 48.9. The third-order valence-electron chi connectivity index (χ3n) is 5.03. The summed E-state index contributed by atoms with van der Waals surface area (Å²) < 4.78 is 20.3. The normalized spacial score (nSPS) is 28.7. The Labute approximate surface area is 174 Å². The summed E-state index contributed by atoms with van der Waals surface area (Å²) >= 11 is 0. The van der Waals surface area contributed by atoms with E-state index in [1.807, 2.05) is 6.92 Å². The van der Waals surface area contributed by atoms with Crippen LogP contribution in [0.3, 0.4) is 0 Å². The Kier molecular flexibility index (Phi) is 8.60. The first kappa shape index (κ1) is 24.1. The maximum Gasteiger partial charge on any atom is 0.447 e. The minimum absolute atomic E-state index is 0.00829. The molecular weight excluding hydrogens is 400 g/mol. The maximum absolute atomic E-state index is 12.3. The lowest BCUT2D eigenvalue weighted by Gasteiger charge is -2.42. The van der Waals surface area contributed by atoms with Crippen LogP contribution in [-0.2, 0) is 38.1 Å². The van der Waals surface area contributed by atoms with Gasteiger partial charge in [0.05, 0.1) is 0 Å². The van der Waals surface area contributed by atoms with E-state index in [-0.39, 0.29) is 38.5 Å². The van der Waals surface area contributed by atoms with Crippen molar-refractivity contribution in [1.82, 2.24) is 0 Å². The van der Waals surface area contributed by atoms with Crippen LogP contribution in [0, 0.1) is 0 Å². The molecule has 2 heterocycles. The highest BCUT2D eigenvalue weighted by Gasteiger charge is 2.67. The van der Waals surface area contributed by atoms with Crippen LogP contribution in [0.25, 0.3) is 0 Å². The molecule has 0 aromatic heterocycles. The summed E-state index contributed by atoms with van der Waals surface area (Å²) in [5.74, 6) is -10.0. The summed E-state index contributed by atoms with van der Waals surface area (Å²) in [6, 6.07) is 0. The van der Waals surface area contributed by atoms with Gasteiger partial charge in [-0.05, 0) is 38.5 Å². The lowest BCUT2D eigenvalue weighted by molar-refractivity contribution is -0.459. The molecular formula is C20H30O10. The average Bonchev–Trinajstić information content (AvgIpc) is 2.73. The van der Waals surface area contributed by atoms with E-state index >= 15 is 0 Å². The largest absolute Gasteiger partial charge is 0.455 e. The molecule has 2 rings (SSSR count). The van der Waals surface area contributed by atoms with Crippen molar-refractivity contribution >= 4 is 23.9 Å². The first-order valence-corrected chi connectivity index (χ1v) is 10.5. The molecule has 0 saturated carbocycles. The molecule has 2 unspecified atom stereocenters. The average molecular weight is 430 g/mol. The van der Waals surface area contributed by atoms with Crippen LogP contribution in [-0.4, -0.2) is 52.0 Å². The van der Waals surface area contributed by atoms with Crippen molar-refractivity contribution in [2.75, 3.05) is 0 Å². The molecule has 10 heteroatoms. The number of aliphatic hydroxyl groups is 2. The first-order valence-electron chi connectivity index (χ1n) is 10.5. The second kappa shape index (κ2) is 10.7. The van der Waals surface area contributed by atoms with Gasteiger partial charge in [0.15, 0.2) is 6.10 Å². The summed E-state index contributed by atoms with van der Waals surface area (Å²) in [7, 11) is 0. The Morgan fingerprint density at radius 2 is 1.23 bits per heavy atom. The fourth-order valence-corrected chi connectivity index (χ4v) is 3.35. The predicted octanol–water partition coefficient (Wildman–Crippen LogP) is 1.59. The van der Waals surface area contributed by atoms with E-state index in [2.05, 4.69) is 0 Å². The fourth-order valence-electron chi connectivity index (χ4n) is 3.35. The Morgan fingerprint density at radius 1 is 0.767 bits per heavy atom. The lowest BCUT2D eigenvalue weighted by Crippen LogP contribution is -2.68. The number of carbonyl (C=O) groups excluding carboxylic acids is 4. The number of unbranched alkanes of at least 4 members (excludes halogenated alkanes) is 2. The van der Waals surface area contributed by atoms with Gasteiger partial charge in [-0.3, -0.25) is 19.2 Å². The molecule has 2 saturated heterocycles. The molecule has 30 heavy (non-hydrogen) atoms. The molecule has 2 N–H and O–H groups in total. The maximum atomic E-state index is 12.3. The zero-order valence-electron chi connectivity index (χ0n) is 17.2. The van der Waals surface area contributed by atoms with Gasteiger partial charge in [-0.25, -0.2) is 0 Å². The van der Waals surface area contributed by atoms with Crippen LogP contribution < -0.4 is 0 Å². The standard InChI is InChI=1S/C20H30O10/c1-2-3-4-9-14-19(25,28-16(22)11-6-5-10-15(21)27-14)20(26)29-17(23)12-7-8-13-18(24)30-20/h14,25-26H,2-13H2,1H3. The van der Waals surface area contributed by atoms with Crippen LogP contribution in [0.4, 0.5) is 0 Å². The summed E-state index contributed by atoms with van der Waals surface area (Å²) in [6.45, 7) is 1.93. The predicted molar refractivity (Wildman–Crippen MR) is 99.1 cm³/mol. The molecule has 0 amide bonds. The van der Waals surface area contributed by atoms with E-state index in [0.717, 1.165) is 6.42 Å². The van der Waals surface area contributed by atoms with Crippen LogP contribution in [0.2, 0.25) is 0 Å². The molecule has 0 aromatic carbocycles. The Balaban J connectivity index is 2.48. The van der Waals surface area contributed by atoms with E-state index < -0.39 is 41.7 Å². The van der Waals surface area contributed by atoms with Crippen molar-refractivity contribution in [2.24, 2.45) is 0 Å². The molecule has 0 aromatic rings. The second-order valence-corrected chi connectivity index (χ2v) is 7.59. The summed E-state index contributed by atoms with van der Waals surface area (Å²) in [5.41, 5.74) is 0. The molecule has 2 aliphatic rings. The second-order valence-electron chi connectivity index (χ2n) is 7.59. The van der Waals surface area contributed by atoms with Gasteiger partial charge in [-0.1, -0.05) is 19.8 Å². The lowest BCUT2D eigenvalue weighted by atomic mass is 9.99. The minimum atomic E-state index is -3.36. The van der Waals surface area contributed by atoms with Crippen LogP contribution >= 0.6 is 0 Å². The highest BCUT2D eigenvalue weighted by atomic mass is 16.9. The molecule has 10 nitrogen and oxygen atoms in total. The monoisotopic (exact) mass is 430 g/mol. The van der Waals surface area contributed by atoms with Gasteiger partial charge in [0.1, 0.15) is 0 Å². The molecule has 0 bridgehead atoms. The molecule has 170 valence electrons. The van der Waals surface area contributed by atoms with Gasteiger partial charge in [0.25, 0.3) is 0 Å². The van der Waals surface area contributed by atoms with Crippen molar-refractivity contribution in [3.63, 3.8) is 0 Å². The molecule has 2 fully saturated rings. The van der Waals surface area contributed by atoms with Gasteiger partial charge in [0, 0.05) is 25.7 Å². The van der Waals surface area contributed by atoms with Gasteiger partial charge in [-0.15, -0.1) is 0 Å². The van der Waals surface area contributed by atoms with Crippen molar-refractivity contribution < 1.29 is 48.3 Å². The number of carbonyl (C=O) groups is 4. The van der Waals surface area contributed by atoms with Gasteiger partial charge in [-0.2, -0.15) is 0 Å². The first-order chi connectivity index (χ1) is 14.2. The highest BCUT2D eigenvalue weighted by molar-refractivity contribution is 5.74. The Hall–Kier alpha value is -2.20. The van der Waals surface area contributed by atoms with Gasteiger partial charge >= 0.3 is 35.6 Å². The number of ether oxygens (including phenoxy) is 4. The van der Waals surface area contributed by atoms with E-state index in [4.69, 9.17) is 18.9 Å². The quantitative estimate of drug-likeness (QED) is 0.374. The van der Waals surface area contributed by atoms with Crippen LogP contribution in [0.15, 0.2) is 0 Å².